The molecule has 1 aromatic carbocycles. The van der Waals surface area contributed by atoms with E-state index in [1.165, 1.54) is 0 Å². The van der Waals surface area contributed by atoms with Crippen LogP contribution in [0.1, 0.15) is 5.56 Å². The number of hydrogen-bond donors (Lipinski definition) is 0. The van der Waals surface area contributed by atoms with Gasteiger partial charge in [0.05, 0.1) is 6.61 Å². The maximum atomic E-state index is 11.5. The third-order valence-corrected chi connectivity index (χ3v) is 5.00. The second-order valence-electron chi connectivity index (χ2n) is 3.37. The van der Waals surface area contributed by atoms with Gasteiger partial charge in [-0.1, -0.05) is 30.3 Å². The summed E-state index contributed by atoms with van der Waals surface area (Å²) in [7, 11) is -3.12. The number of carbonyl (C=O) groups excluding carboxylic acids is 1. The highest BCUT2D eigenvalue weighted by molar-refractivity contribution is 8.71. The minimum atomic E-state index is -3.61. The zero-order valence-corrected chi connectivity index (χ0v) is 10.4. The van der Waals surface area contributed by atoms with Gasteiger partial charge >= 0.3 is 15.1 Å². The van der Waals surface area contributed by atoms with Crippen molar-refractivity contribution < 1.29 is 22.1 Å². The van der Waals surface area contributed by atoms with Gasteiger partial charge in [0.2, 0.25) is 0 Å². The van der Waals surface area contributed by atoms with Gasteiger partial charge in [0.25, 0.3) is 0 Å². The van der Waals surface area contributed by atoms with Crippen LogP contribution in [-0.2, 0) is 29.5 Å². The Morgan fingerprint density at radius 3 is 2.71 bits per heavy atom. The van der Waals surface area contributed by atoms with Crippen LogP contribution < -0.4 is 0 Å². The van der Waals surface area contributed by atoms with Crippen LogP contribution in [0.3, 0.4) is 0 Å². The zero-order valence-electron chi connectivity index (χ0n) is 8.74. The first-order valence-corrected chi connectivity index (χ1v) is 7.65. The molecule has 1 saturated heterocycles. The molecule has 92 valence electrons. The van der Waals surface area contributed by atoms with E-state index in [2.05, 4.69) is 4.18 Å². The number of carbonyl (C=O) groups is 1. The summed E-state index contributed by atoms with van der Waals surface area (Å²) >= 11 is 0. The molecule has 17 heavy (non-hydrogen) atoms. The topological polar surface area (TPSA) is 69.7 Å². The normalized spacial score (nSPS) is 22.2. The monoisotopic (exact) mass is 274 g/mol. The molecule has 1 heterocycles. The van der Waals surface area contributed by atoms with E-state index in [9.17, 15) is 13.2 Å². The molecule has 7 heteroatoms. The van der Waals surface area contributed by atoms with E-state index in [4.69, 9.17) is 4.74 Å². The third-order valence-electron chi connectivity index (χ3n) is 2.08. The lowest BCUT2D eigenvalue weighted by Crippen LogP contribution is -2.20. The van der Waals surface area contributed by atoms with Gasteiger partial charge in [-0.2, -0.15) is 8.42 Å². The Hall–Kier alpha value is -1.05. The molecule has 0 aliphatic carbocycles. The van der Waals surface area contributed by atoms with Crippen LogP contribution in [0.15, 0.2) is 30.3 Å². The van der Waals surface area contributed by atoms with E-state index in [-0.39, 0.29) is 13.2 Å². The highest BCUT2D eigenvalue weighted by Crippen LogP contribution is 2.29. The summed E-state index contributed by atoms with van der Waals surface area (Å²) < 4.78 is 31.4. The molecule has 1 fully saturated rings. The molecule has 0 bridgehead atoms. The molecule has 0 saturated carbocycles. The highest BCUT2D eigenvalue weighted by Gasteiger charge is 2.36. The van der Waals surface area contributed by atoms with Crippen molar-refractivity contribution in [3.05, 3.63) is 35.9 Å². The van der Waals surface area contributed by atoms with Crippen LogP contribution in [0.5, 0.6) is 0 Å². The first kappa shape index (κ1) is 12.4. The second kappa shape index (κ2) is 5.07. The standard InChI is InChI=1S/C10H10O5S2/c11-10(9-7-15-17(12,13)16-9)14-6-8-4-2-1-3-5-8/h1-5,9H,6-7H2. The van der Waals surface area contributed by atoms with E-state index in [1.54, 1.807) is 0 Å². The lowest BCUT2D eigenvalue weighted by molar-refractivity contribution is -0.144. The molecule has 0 radical (unpaired) electrons. The molecule has 1 unspecified atom stereocenters. The summed E-state index contributed by atoms with van der Waals surface area (Å²) in [6, 6.07) is 9.17. The van der Waals surface area contributed by atoms with Gasteiger partial charge in [0.1, 0.15) is 11.9 Å². The molecule has 5 nitrogen and oxygen atoms in total. The smallest absolute Gasteiger partial charge is 0.323 e. The third kappa shape index (κ3) is 3.45. The van der Waals surface area contributed by atoms with Crippen LogP contribution in [0.2, 0.25) is 0 Å². The Morgan fingerprint density at radius 2 is 2.12 bits per heavy atom. The number of hydrogen-bond acceptors (Lipinski definition) is 6. The quantitative estimate of drug-likeness (QED) is 0.607. The minimum Gasteiger partial charge on any atom is -0.460 e. The number of rotatable bonds is 3. The molecule has 0 spiro atoms. The molecular formula is C10H10O5S2. The van der Waals surface area contributed by atoms with E-state index in [1.807, 2.05) is 30.3 Å². The van der Waals surface area contributed by atoms with E-state index >= 15 is 0 Å². The average molecular weight is 274 g/mol. The molecule has 0 amide bonds. The summed E-state index contributed by atoms with van der Waals surface area (Å²) in [5.41, 5.74) is 0.854. The fourth-order valence-corrected chi connectivity index (χ4v) is 3.86. The summed E-state index contributed by atoms with van der Waals surface area (Å²) in [5.74, 6) is -0.570. The van der Waals surface area contributed by atoms with Gasteiger partial charge in [-0.3, -0.25) is 8.98 Å². The van der Waals surface area contributed by atoms with E-state index < -0.39 is 20.4 Å². The lowest BCUT2D eigenvalue weighted by atomic mass is 10.2. The molecule has 1 aliphatic heterocycles. The van der Waals surface area contributed by atoms with Gasteiger partial charge in [-0.25, -0.2) is 0 Å². The van der Waals surface area contributed by atoms with Gasteiger partial charge in [0.15, 0.2) is 0 Å². The highest BCUT2D eigenvalue weighted by atomic mass is 33.2. The van der Waals surface area contributed by atoms with Crippen LogP contribution >= 0.6 is 10.8 Å². The van der Waals surface area contributed by atoms with Crippen molar-refractivity contribution in [2.24, 2.45) is 0 Å². The summed E-state index contributed by atoms with van der Waals surface area (Å²) in [6.07, 6.45) is 0. The van der Waals surface area contributed by atoms with Gasteiger partial charge < -0.3 is 4.74 Å². The van der Waals surface area contributed by atoms with Crippen LogP contribution in [-0.4, -0.2) is 26.2 Å². The Bertz CT molecular complexity index is 497. The molecule has 1 atom stereocenters. The SMILES string of the molecule is O=C(OCc1ccccc1)C1COS(=O)(=O)S1. The van der Waals surface area contributed by atoms with Crippen molar-refractivity contribution in [1.82, 2.24) is 0 Å². The number of benzene rings is 1. The molecule has 1 aliphatic rings. The van der Waals surface area contributed by atoms with Crippen LogP contribution in [0, 0.1) is 0 Å². The fraction of sp³-hybridized carbons (Fsp3) is 0.300. The van der Waals surface area contributed by atoms with Gasteiger partial charge in [-0.05, 0) is 5.56 Å². The Kier molecular flexibility index (Phi) is 3.70. The predicted molar refractivity (Wildman–Crippen MR) is 62.5 cm³/mol. The summed E-state index contributed by atoms with van der Waals surface area (Å²) in [6.45, 7) is -0.0165. The van der Waals surface area contributed by atoms with Crippen molar-refractivity contribution in [2.75, 3.05) is 6.61 Å². The maximum absolute atomic E-state index is 11.5. The van der Waals surface area contributed by atoms with Gasteiger partial charge in [-0.15, -0.1) is 0 Å². The van der Waals surface area contributed by atoms with Crippen molar-refractivity contribution in [3.8, 4) is 0 Å². The zero-order chi connectivity index (χ0) is 12.3. The lowest BCUT2D eigenvalue weighted by Gasteiger charge is -2.06. The van der Waals surface area contributed by atoms with Crippen molar-refractivity contribution in [3.63, 3.8) is 0 Å². The Morgan fingerprint density at radius 1 is 1.41 bits per heavy atom. The summed E-state index contributed by atoms with van der Waals surface area (Å²) in [4.78, 5) is 11.5. The van der Waals surface area contributed by atoms with E-state index in [0.717, 1.165) is 5.56 Å². The molecule has 0 N–H and O–H groups in total. The van der Waals surface area contributed by atoms with Crippen molar-refractivity contribution in [2.45, 2.75) is 11.9 Å². The largest absolute Gasteiger partial charge is 0.460 e. The Balaban J connectivity index is 1.87. The predicted octanol–water partition coefficient (Wildman–Crippen LogP) is 1.11. The minimum absolute atomic E-state index is 0.136. The first-order valence-electron chi connectivity index (χ1n) is 4.85. The fourth-order valence-electron chi connectivity index (χ4n) is 1.27. The summed E-state index contributed by atoms with van der Waals surface area (Å²) in [5, 5.41) is -0.788. The number of ether oxygens (including phenoxy) is 1. The maximum Gasteiger partial charge on any atom is 0.323 e. The molecule has 0 aromatic heterocycles. The molecular weight excluding hydrogens is 264 g/mol. The Labute approximate surface area is 103 Å². The van der Waals surface area contributed by atoms with Gasteiger partial charge in [0, 0.05) is 10.8 Å². The second-order valence-corrected chi connectivity index (χ2v) is 6.99. The van der Waals surface area contributed by atoms with Crippen molar-refractivity contribution >= 4 is 25.9 Å². The van der Waals surface area contributed by atoms with Crippen LogP contribution in [0.25, 0.3) is 0 Å². The molecule has 2 rings (SSSR count). The van der Waals surface area contributed by atoms with E-state index in [0.29, 0.717) is 10.8 Å². The number of esters is 1. The molecule has 1 aromatic rings. The van der Waals surface area contributed by atoms with Crippen molar-refractivity contribution in [1.29, 1.82) is 0 Å². The first-order chi connectivity index (χ1) is 8.07. The van der Waals surface area contributed by atoms with Crippen LogP contribution in [0.4, 0.5) is 0 Å². The average Bonchev–Trinajstić information content (AvgIpc) is 2.68.